The Bertz CT molecular complexity index is 331. The first kappa shape index (κ1) is 13.5. The average molecular weight is 246 g/mol. The lowest BCUT2D eigenvalue weighted by Gasteiger charge is -2.21. The average Bonchev–Trinajstić information content (AvgIpc) is 2.33. The molecule has 1 fully saturated rings. The van der Waals surface area contributed by atoms with E-state index in [4.69, 9.17) is 4.74 Å². The SMILES string of the molecule is CC(C)c1ccc(OC2CCCCCCC2)cc1. The summed E-state index contributed by atoms with van der Waals surface area (Å²) in [5.41, 5.74) is 1.39. The second-order valence-corrected chi connectivity index (χ2v) is 5.81. The van der Waals surface area contributed by atoms with Gasteiger partial charge in [0.2, 0.25) is 0 Å². The Balaban J connectivity index is 1.90. The molecule has 0 atom stereocenters. The first-order valence-corrected chi connectivity index (χ1v) is 7.52. The molecule has 1 aliphatic rings. The van der Waals surface area contributed by atoms with Gasteiger partial charge in [-0.15, -0.1) is 0 Å². The van der Waals surface area contributed by atoms with Crippen LogP contribution in [0.5, 0.6) is 5.75 Å². The molecule has 1 aromatic rings. The standard InChI is InChI=1S/C17H26O/c1-14(2)15-10-12-17(13-11-15)18-16-8-6-4-3-5-7-9-16/h10-14,16H,3-9H2,1-2H3. The summed E-state index contributed by atoms with van der Waals surface area (Å²) >= 11 is 0. The molecule has 0 amide bonds. The first-order valence-electron chi connectivity index (χ1n) is 7.52. The third kappa shape index (κ3) is 4.04. The Labute approximate surface area is 112 Å². The summed E-state index contributed by atoms with van der Waals surface area (Å²) in [6, 6.07) is 8.66. The minimum atomic E-state index is 0.440. The van der Waals surface area contributed by atoms with Crippen LogP contribution in [0.1, 0.15) is 70.3 Å². The summed E-state index contributed by atoms with van der Waals surface area (Å²) in [5, 5.41) is 0. The van der Waals surface area contributed by atoms with E-state index in [9.17, 15) is 0 Å². The van der Waals surface area contributed by atoms with E-state index in [1.54, 1.807) is 0 Å². The van der Waals surface area contributed by atoms with Crippen LogP contribution in [0.15, 0.2) is 24.3 Å². The van der Waals surface area contributed by atoms with Crippen molar-refractivity contribution in [2.24, 2.45) is 0 Å². The molecule has 0 N–H and O–H groups in total. The third-order valence-electron chi connectivity index (χ3n) is 3.90. The summed E-state index contributed by atoms with van der Waals surface area (Å²) in [5.74, 6) is 1.64. The van der Waals surface area contributed by atoms with Crippen LogP contribution in [0, 0.1) is 0 Å². The molecular formula is C17H26O. The van der Waals surface area contributed by atoms with Gasteiger partial charge in [-0.2, -0.15) is 0 Å². The summed E-state index contributed by atoms with van der Waals surface area (Å²) in [7, 11) is 0. The molecule has 1 heteroatoms. The predicted molar refractivity (Wildman–Crippen MR) is 77.3 cm³/mol. The van der Waals surface area contributed by atoms with Crippen LogP contribution in [0.3, 0.4) is 0 Å². The molecule has 1 saturated carbocycles. The molecule has 1 aliphatic carbocycles. The summed E-state index contributed by atoms with van der Waals surface area (Å²) in [4.78, 5) is 0. The van der Waals surface area contributed by atoms with E-state index < -0.39 is 0 Å². The highest BCUT2D eigenvalue weighted by atomic mass is 16.5. The second-order valence-electron chi connectivity index (χ2n) is 5.81. The van der Waals surface area contributed by atoms with Crippen LogP contribution in [0.4, 0.5) is 0 Å². The van der Waals surface area contributed by atoms with E-state index in [2.05, 4.69) is 38.1 Å². The quantitative estimate of drug-likeness (QED) is 0.703. The maximum absolute atomic E-state index is 6.13. The predicted octanol–water partition coefficient (Wildman–Crippen LogP) is 5.30. The molecule has 0 unspecified atom stereocenters. The largest absolute Gasteiger partial charge is 0.490 e. The van der Waals surface area contributed by atoms with Gasteiger partial charge in [0.15, 0.2) is 0 Å². The van der Waals surface area contributed by atoms with Crippen molar-refractivity contribution in [1.29, 1.82) is 0 Å². The molecule has 2 rings (SSSR count). The second kappa shape index (κ2) is 6.82. The van der Waals surface area contributed by atoms with E-state index in [1.165, 1.54) is 50.5 Å². The molecule has 100 valence electrons. The highest BCUT2D eigenvalue weighted by Crippen LogP contribution is 2.24. The number of benzene rings is 1. The van der Waals surface area contributed by atoms with Gasteiger partial charge in [-0.25, -0.2) is 0 Å². The Morgan fingerprint density at radius 1 is 0.889 bits per heavy atom. The van der Waals surface area contributed by atoms with E-state index in [-0.39, 0.29) is 0 Å². The van der Waals surface area contributed by atoms with Gasteiger partial charge in [0, 0.05) is 0 Å². The number of rotatable bonds is 3. The van der Waals surface area contributed by atoms with E-state index in [1.807, 2.05) is 0 Å². The molecule has 0 bridgehead atoms. The van der Waals surface area contributed by atoms with Crippen LogP contribution in [-0.2, 0) is 0 Å². The van der Waals surface area contributed by atoms with Gasteiger partial charge < -0.3 is 4.74 Å². The number of ether oxygens (including phenoxy) is 1. The third-order valence-corrected chi connectivity index (χ3v) is 3.90. The van der Waals surface area contributed by atoms with Crippen LogP contribution >= 0.6 is 0 Å². The van der Waals surface area contributed by atoms with Gasteiger partial charge in [-0.1, -0.05) is 45.2 Å². The van der Waals surface area contributed by atoms with E-state index in [0.29, 0.717) is 12.0 Å². The lowest BCUT2D eigenvalue weighted by atomic mass is 9.98. The lowest BCUT2D eigenvalue weighted by molar-refractivity contribution is 0.166. The van der Waals surface area contributed by atoms with Crippen LogP contribution in [-0.4, -0.2) is 6.10 Å². The van der Waals surface area contributed by atoms with Crippen molar-refractivity contribution in [3.8, 4) is 5.75 Å². The maximum atomic E-state index is 6.13. The van der Waals surface area contributed by atoms with Gasteiger partial charge >= 0.3 is 0 Å². The minimum absolute atomic E-state index is 0.440. The normalized spacial score (nSPS) is 18.4. The molecule has 0 radical (unpaired) electrons. The highest BCUT2D eigenvalue weighted by Gasteiger charge is 2.12. The number of hydrogen-bond acceptors (Lipinski definition) is 1. The summed E-state index contributed by atoms with van der Waals surface area (Å²) in [6.45, 7) is 4.45. The van der Waals surface area contributed by atoms with E-state index >= 15 is 0 Å². The molecule has 0 heterocycles. The lowest BCUT2D eigenvalue weighted by Crippen LogP contribution is -2.17. The fourth-order valence-electron chi connectivity index (χ4n) is 2.66. The van der Waals surface area contributed by atoms with Gasteiger partial charge in [0.1, 0.15) is 5.75 Å². The molecule has 1 aromatic carbocycles. The van der Waals surface area contributed by atoms with Gasteiger partial charge in [0.25, 0.3) is 0 Å². The Kier molecular flexibility index (Phi) is 5.10. The molecule has 0 aliphatic heterocycles. The van der Waals surface area contributed by atoms with Crippen LogP contribution in [0.2, 0.25) is 0 Å². The van der Waals surface area contributed by atoms with Crippen molar-refractivity contribution < 1.29 is 4.74 Å². The van der Waals surface area contributed by atoms with Crippen molar-refractivity contribution in [3.63, 3.8) is 0 Å². The fraction of sp³-hybridized carbons (Fsp3) is 0.647. The van der Waals surface area contributed by atoms with Crippen molar-refractivity contribution in [3.05, 3.63) is 29.8 Å². The highest BCUT2D eigenvalue weighted by molar-refractivity contribution is 5.29. The molecule has 0 aromatic heterocycles. The van der Waals surface area contributed by atoms with Gasteiger partial charge in [-0.3, -0.25) is 0 Å². The van der Waals surface area contributed by atoms with Gasteiger partial charge in [-0.05, 0) is 49.3 Å². The number of hydrogen-bond donors (Lipinski definition) is 0. The Hall–Kier alpha value is -0.980. The molecule has 1 nitrogen and oxygen atoms in total. The monoisotopic (exact) mass is 246 g/mol. The molecule has 0 spiro atoms. The maximum Gasteiger partial charge on any atom is 0.119 e. The van der Waals surface area contributed by atoms with E-state index in [0.717, 1.165) is 5.75 Å². The molecule has 0 saturated heterocycles. The van der Waals surface area contributed by atoms with Crippen LogP contribution < -0.4 is 4.74 Å². The van der Waals surface area contributed by atoms with Crippen molar-refractivity contribution in [2.45, 2.75) is 70.8 Å². The molecular weight excluding hydrogens is 220 g/mol. The minimum Gasteiger partial charge on any atom is -0.490 e. The van der Waals surface area contributed by atoms with Crippen LogP contribution in [0.25, 0.3) is 0 Å². The smallest absolute Gasteiger partial charge is 0.119 e. The van der Waals surface area contributed by atoms with Gasteiger partial charge in [0.05, 0.1) is 6.10 Å². The zero-order valence-corrected chi connectivity index (χ0v) is 11.8. The summed E-state index contributed by atoms with van der Waals surface area (Å²) in [6.07, 6.45) is 9.73. The first-order chi connectivity index (χ1) is 8.75. The zero-order chi connectivity index (χ0) is 12.8. The Morgan fingerprint density at radius 3 is 2.00 bits per heavy atom. The zero-order valence-electron chi connectivity index (χ0n) is 11.8. The fourth-order valence-corrected chi connectivity index (χ4v) is 2.66. The van der Waals surface area contributed by atoms with Crippen molar-refractivity contribution in [2.75, 3.05) is 0 Å². The van der Waals surface area contributed by atoms with Crippen molar-refractivity contribution >= 4 is 0 Å². The molecule has 18 heavy (non-hydrogen) atoms. The van der Waals surface area contributed by atoms with Crippen molar-refractivity contribution in [1.82, 2.24) is 0 Å². The Morgan fingerprint density at radius 2 is 1.44 bits per heavy atom. The topological polar surface area (TPSA) is 9.23 Å². The summed E-state index contributed by atoms with van der Waals surface area (Å²) < 4.78 is 6.13.